The Morgan fingerprint density at radius 1 is 1.38 bits per heavy atom. The van der Waals surface area contributed by atoms with Crippen molar-refractivity contribution in [2.45, 2.75) is 18.4 Å². The van der Waals surface area contributed by atoms with E-state index >= 15 is 0 Å². The number of rotatable bonds is 6. The number of aryl methyl sites for hydroxylation is 1. The normalized spacial score (nSPS) is 11.6. The zero-order valence-corrected chi connectivity index (χ0v) is 13.4. The number of hydrogen-bond acceptors (Lipinski definition) is 4. The minimum atomic E-state index is -3.66. The van der Waals surface area contributed by atoms with E-state index in [9.17, 15) is 8.42 Å². The molecule has 0 saturated carbocycles. The van der Waals surface area contributed by atoms with Crippen LogP contribution in [0.5, 0.6) is 0 Å². The Labute approximate surface area is 129 Å². The van der Waals surface area contributed by atoms with Gasteiger partial charge in [0, 0.05) is 17.8 Å². The average molecular weight is 329 g/mol. The first kappa shape index (κ1) is 15.8. The number of benzene rings is 1. The van der Waals surface area contributed by atoms with Crippen LogP contribution in [0.2, 0.25) is 5.02 Å². The van der Waals surface area contributed by atoms with Crippen LogP contribution in [-0.2, 0) is 16.6 Å². The van der Waals surface area contributed by atoms with Crippen LogP contribution in [0, 0.1) is 6.92 Å². The quantitative estimate of drug-likeness (QED) is 0.848. The van der Waals surface area contributed by atoms with E-state index < -0.39 is 10.0 Å². The molecule has 0 bridgehead atoms. The van der Waals surface area contributed by atoms with Crippen molar-refractivity contribution in [1.82, 2.24) is 15.1 Å². The second-order valence-electron chi connectivity index (χ2n) is 4.61. The smallest absolute Gasteiger partial charge is 0.265 e. The summed E-state index contributed by atoms with van der Waals surface area (Å²) >= 11 is 5.99. The number of anilines is 1. The summed E-state index contributed by atoms with van der Waals surface area (Å²) in [6.07, 6.45) is 2.82. The fourth-order valence-electron chi connectivity index (χ4n) is 1.70. The average Bonchev–Trinajstić information content (AvgIpc) is 2.90. The minimum Gasteiger partial charge on any atom is -0.318 e. The first-order chi connectivity index (χ1) is 9.92. The van der Waals surface area contributed by atoms with Crippen LogP contribution >= 0.6 is 11.6 Å². The molecular weight excluding hydrogens is 312 g/mol. The van der Waals surface area contributed by atoms with E-state index in [4.69, 9.17) is 11.6 Å². The van der Waals surface area contributed by atoms with Crippen LogP contribution in [0.4, 0.5) is 5.69 Å². The molecule has 8 heteroatoms. The van der Waals surface area contributed by atoms with E-state index in [-0.39, 0.29) is 4.90 Å². The molecule has 2 rings (SSSR count). The largest absolute Gasteiger partial charge is 0.318 e. The molecule has 0 aliphatic rings. The van der Waals surface area contributed by atoms with Crippen molar-refractivity contribution in [3.8, 4) is 0 Å². The topological polar surface area (TPSA) is 76.0 Å². The lowest BCUT2D eigenvalue weighted by molar-refractivity contribution is 0.582. The zero-order valence-electron chi connectivity index (χ0n) is 11.8. The Kier molecular flexibility index (Phi) is 4.87. The lowest BCUT2D eigenvalue weighted by atomic mass is 10.2. The van der Waals surface area contributed by atoms with Crippen LogP contribution < -0.4 is 10.0 Å². The Bertz CT molecular complexity index is 728. The van der Waals surface area contributed by atoms with Crippen LogP contribution in [-0.4, -0.2) is 31.8 Å². The van der Waals surface area contributed by atoms with Crippen molar-refractivity contribution in [3.63, 3.8) is 0 Å². The van der Waals surface area contributed by atoms with Crippen LogP contribution in [0.25, 0.3) is 0 Å². The summed E-state index contributed by atoms with van der Waals surface area (Å²) in [5.41, 5.74) is 1.31. The lowest BCUT2D eigenvalue weighted by Crippen LogP contribution is -2.15. The number of hydrogen-bond donors (Lipinski definition) is 2. The summed E-state index contributed by atoms with van der Waals surface area (Å²) in [5.74, 6) is 0. The monoisotopic (exact) mass is 328 g/mol. The zero-order chi connectivity index (χ0) is 15.5. The maximum Gasteiger partial charge on any atom is 0.265 e. The third kappa shape index (κ3) is 3.96. The predicted molar refractivity (Wildman–Crippen MR) is 83.2 cm³/mol. The molecule has 114 valence electrons. The van der Waals surface area contributed by atoms with Gasteiger partial charge >= 0.3 is 0 Å². The van der Waals surface area contributed by atoms with Crippen molar-refractivity contribution in [3.05, 3.63) is 41.2 Å². The van der Waals surface area contributed by atoms with Gasteiger partial charge in [0.2, 0.25) is 0 Å². The highest BCUT2D eigenvalue weighted by Gasteiger charge is 2.17. The Morgan fingerprint density at radius 2 is 2.14 bits per heavy atom. The van der Waals surface area contributed by atoms with Crippen molar-refractivity contribution >= 4 is 27.3 Å². The lowest BCUT2D eigenvalue weighted by Gasteiger charge is -2.07. The van der Waals surface area contributed by atoms with E-state index in [0.717, 1.165) is 5.56 Å². The second kappa shape index (κ2) is 6.46. The fraction of sp³-hybridized carbons (Fsp3) is 0.308. The Balaban J connectivity index is 2.17. The standard InChI is InChI=1S/C13H17ClN4O2S/c1-10-3-4-11(7-13(10)14)17-21(19,20)12-8-16-18(9-12)6-5-15-2/h3-4,7-9,15,17H,5-6H2,1-2H3. The van der Waals surface area contributed by atoms with Gasteiger partial charge in [-0.3, -0.25) is 9.40 Å². The van der Waals surface area contributed by atoms with Gasteiger partial charge in [-0.2, -0.15) is 5.10 Å². The molecule has 0 amide bonds. The molecule has 1 aromatic carbocycles. The van der Waals surface area contributed by atoms with Gasteiger partial charge in [0.15, 0.2) is 0 Å². The number of nitrogens with zero attached hydrogens (tertiary/aromatic N) is 2. The minimum absolute atomic E-state index is 0.121. The first-order valence-electron chi connectivity index (χ1n) is 6.38. The highest BCUT2D eigenvalue weighted by molar-refractivity contribution is 7.92. The maximum atomic E-state index is 12.3. The predicted octanol–water partition coefficient (Wildman–Crippen LogP) is 1.87. The summed E-state index contributed by atoms with van der Waals surface area (Å²) < 4.78 is 28.6. The molecule has 6 nitrogen and oxygen atoms in total. The van der Waals surface area contributed by atoms with Gasteiger partial charge in [0.1, 0.15) is 4.90 Å². The molecule has 0 unspecified atom stereocenters. The third-order valence-electron chi connectivity index (χ3n) is 2.93. The van der Waals surface area contributed by atoms with Gasteiger partial charge in [0.25, 0.3) is 10.0 Å². The highest BCUT2D eigenvalue weighted by atomic mass is 35.5. The van der Waals surface area contributed by atoms with E-state index in [1.165, 1.54) is 12.4 Å². The molecule has 2 aromatic rings. The molecule has 0 aliphatic heterocycles. The summed E-state index contributed by atoms with van der Waals surface area (Å²) in [4.78, 5) is 0.121. The van der Waals surface area contributed by atoms with Gasteiger partial charge < -0.3 is 5.32 Å². The van der Waals surface area contributed by atoms with E-state index in [1.807, 2.05) is 14.0 Å². The third-order valence-corrected chi connectivity index (χ3v) is 4.68. The SMILES string of the molecule is CNCCn1cc(S(=O)(=O)Nc2ccc(C)c(Cl)c2)cn1. The van der Waals surface area contributed by atoms with Gasteiger partial charge in [-0.05, 0) is 31.7 Å². The number of halogens is 1. The molecule has 0 radical (unpaired) electrons. The number of sulfonamides is 1. The first-order valence-corrected chi connectivity index (χ1v) is 8.24. The highest BCUT2D eigenvalue weighted by Crippen LogP contribution is 2.22. The molecule has 0 atom stereocenters. The van der Waals surface area contributed by atoms with Gasteiger partial charge in [0.05, 0.1) is 18.4 Å². The van der Waals surface area contributed by atoms with Crippen molar-refractivity contribution in [2.75, 3.05) is 18.3 Å². The van der Waals surface area contributed by atoms with Gasteiger partial charge in [-0.15, -0.1) is 0 Å². The van der Waals surface area contributed by atoms with Crippen molar-refractivity contribution < 1.29 is 8.42 Å². The molecule has 0 fully saturated rings. The summed E-state index contributed by atoms with van der Waals surface area (Å²) in [5, 5.41) is 7.51. The van der Waals surface area contributed by atoms with Gasteiger partial charge in [-0.1, -0.05) is 17.7 Å². The van der Waals surface area contributed by atoms with E-state index in [0.29, 0.717) is 23.8 Å². The van der Waals surface area contributed by atoms with E-state index in [1.54, 1.807) is 22.9 Å². The molecule has 21 heavy (non-hydrogen) atoms. The van der Waals surface area contributed by atoms with Crippen LogP contribution in [0.3, 0.4) is 0 Å². The molecule has 0 spiro atoms. The molecule has 2 N–H and O–H groups in total. The number of likely N-dealkylation sites (N-methyl/N-ethyl adjacent to an activating group) is 1. The number of aromatic nitrogens is 2. The second-order valence-corrected chi connectivity index (χ2v) is 6.70. The fourth-order valence-corrected chi connectivity index (χ4v) is 2.88. The summed E-state index contributed by atoms with van der Waals surface area (Å²) in [7, 11) is -1.84. The molecule has 1 heterocycles. The summed E-state index contributed by atoms with van der Waals surface area (Å²) in [6.45, 7) is 3.16. The molecular formula is C13H17ClN4O2S. The van der Waals surface area contributed by atoms with Gasteiger partial charge in [-0.25, -0.2) is 8.42 Å². The molecule has 0 aliphatic carbocycles. The van der Waals surface area contributed by atoms with Crippen LogP contribution in [0.15, 0.2) is 35.5 Å². The van der Waals surface area contributed by atoms with Crippen LogP contribution in [0.1, 0.15) is 5.56 Å². The van der Waals surface area contributed by atoms with Crippen molar-refractivity contribution in [2.24, 2.45) is 0 Å². The Hall–Kier alpha value is -1.57. The Morgan fingerprint density at radius 3 is 2.81 bits per heavy atom. The molecule has 1 aromatic heterocycles. The molecule has 0 saturated heterocycles. The van der Waals surface area contributed by atoms with E-state index in [2.05, 4.69) is 15.1 Å². The number of nitrogens with one attached hydrogen (secondary N) is 2. The maximum absolute atomic E-state index is 12.3. The summed E-state index contributed by atoms with van der Waals surface area (Å²) in [6, 6.07) is 5.01. The van der Waals surface area contributed by atoms with Crippen molar-refractivity contribution in [1.29, 1.82) is 0 Å².